The third kappa shape index (κ3) is 4.55. The van der Waals surface area contributed by atoms with Gasteiger partial charge in [0.2, 0.25) is 0 Å². The van der Waals surface area contributed by atoms with Crippen LogP contribution in [0.4, 0.5) is 0 Å². The predicted octanol–water partition coefficient (Wildman–Crippen LogP) is 0.855. The standard InChI is InChI=1S/C30H51N2O4.BrH/c1-20(33)36-28-26(32(4)13-5-6-14-32)18-24-22-8-7-21-17-27(34)25(31-11-15-35-16-12-31)19-30(21,3)23(22)9-10-29(24,28)2;/h21-28,34H,5-19H2,1-4H3;1H/q+1;/p-1/t21?,22-,23-,24+,25?,26?,27?,28?,29+,30+;/m1./s1. The van der Waals surface area contributed by atoms with Crippen molar-refractivity contribution in [3.05, 3.63) is 0 Å². The van der Waals surface area contributed by atoms with Crippen LogP contribution in [-0.2, 0) is 14.3 Å². The molecule has 4 aliphatic carbocycles. The summed E-state index contributed by atoms with van der Waals surface area (Å²) in [5.41, 5.74) is 0.399. The highest BCUT2D eigenvalue weighted by molar-refractivity contribution is 5.66. The van der Waals surface area contributed by atoms with Crippen LogP contribution < -0.4 is 17.0 Å². The van der Waals surface area contributed by atoms with Crippen LogP contribution in [0.25, 0.3) is 0 Å². The summed E-state index contributed by atoms with van der Waals surface area (Å²) in [6.45, 7) is 12.7. The maximum atomic E-state index is 12.4. The van der Waals surface area contributed by atoms with Crippen LogP contribution in [0.1, 0.15) is 78.6 Å². The number of likely N-dealkylation sites (tertiary alicyclic amines) is 1. The number of fused-ring (bicyclic) bond motifs is 5. The number of esters is 1. The van der Waals surface area contributed by atoms with Gasteiger partial charge in [-0.3, -0.25) is 9.69 Å². The highest BCUT2D eigenvalue weighted by Crippen LogP contribution is 2.67. The minimum atomic E-state index is -0.199. The van der Waals surface area contributed by atoms with Gasteiger partial charge in [0.25, 0.3) is 0 Å². The van der Waals surface area contributed by atoms with Crippen LogP contribution in [0.5, 0.6) is 0 Å². The molecule has 2 aliphatic heterocycles. The van der Waals surface area contributed by atoms with E-state index in [1.807, 2.05) is 0 Å². The third-order valence-corrected chi connectivity index (χ3v) is 12.8. The van der Waals surface area contributed by atoms with E-state index in [9.17, 15) is 9.90 Å². The van der Waals surface area contributed by atoms with Crippen molar-refractivity contribution in [1.29, 1.82) is 0 Å². The summed E-state index contributed by atoms with van der Waals surface area (Å²) in [5, 5.41) is 11.2. The Morgan fingerprint density at radius 3 is 2.41 bits per heavy atom. The quantitative estimate of drug-likeness (QED) is 0.395. The van der Waals surface area contributed by atoms with Gasteiger partial charge >= 0.3 is 5.97 Å². The Morgan fingerprint density at radius 1 is 1.03 bits per heavy atom. The zero-order chi connectivity index (χ0) is 25.3. The number of hydrogen-bond donors (Lipinski definition) is 1. The largest absolute Gasteiger partial charge is 1.00 e. The molecule has 0 spiro atoms. The molecule has 0 aromatic heterocycles. The molecule has 2 saturated heterocycles. The first-order chi connectivity index (χ1) is 17.2. The van der Waals surface area contributed by atoms with E-state index < -0.39 is 0 Å². The lowest BCUT2D eigenvalue weighted by Crippen LogP contribution is -3.00. The molecule has 7 heteroatoms. The summed E-state index contributed by atoms with van der Waals surface area (Å²) in [4.78, 5) is 14.9. The van der Waals surface area contributed by atoms with E-state index in [0.29, 0.717) is 23.3 Å². The Kier molecular flexibility index (Phi) is 7.90. The van der Waals surface area contributed by atoms with Crippen LogP contribution in [0.3, 0.4) is 0 Å². The van der Waals surface area contributed by atoms with Crippen LogP contribution in [-0.4, -0.2) is 91.2 Å². The molecule has 0 bridgehead atoms. The average molecular weight is 584 g/mol. The number of quaternary nitrogens is 1. The highest BCUT2D eigenvalue weighted by atomic mass is 79.9. The first kappa shape index (κ1) is 28.3. The number of rotatable bonds is 3. The van der Waals surface area contributed by atoms with E-state index in [1.165, 1.54) is 58.0 Å². The SMILES string of the molecule is CC(=O)OC1C([N+]2(C)CCCC2)C[C@H]2[C@@H]3CCC4CC(O)C(N5CCOCC5)C[C@]4(C)[C@@H]3CC[C@]12C.[Br-]. The molecular weight excluding hydrogens is 532 g/mol. The molecular formula is C30H51BrN2O4. The molecule has 5 unspecified atom stereocenters. The summed E-state index contributed by atoms with van der Waals surface area (Å²) in [5.74, 6) is 2.64. The second kappa shape index (κ2) is 10.3. The first-order valence-corrected chi connectivity index (χ1v) is 15.2. The zero-order valence-corrected chi connectivity index (χ0v) is 25.3. The Hall–Kier alpha value is -0.210. The Morgan fingerprint density at radius 2 is 1.73 bits per heavy atom. The number of aliphatic hydroxyl groups is 1. The Balaban J connectivity index is 0.00000280. The summed E-state index contributed by atoms with van der Waals surface area (Å²) >= 11 is 0. The summed E-state index contributed by atoms with van der Waals surface area (Å²) in [6.07, 6.45) is 10.8. The molecule has 6 rings (SSSR count). The number of halogens is 1. The van der Waals surface area contributed by atoms with Crippen molar-refractivity contribution in [2.75, 3.05) is 46.4 Å². The fourth-order valence-corrected chi connectivity index (χ4v) is 10.9. The van der Waals surface area contributed by atoms with Gasteiger partial charge < -0.3 is 36.0 Å². The Bertz CT molecular complexity index is 845. The van der Waals surface area contributed by atoms with E-state index in [-0.39, 0.29) is 46.6 Å². The molecule has 2 heterocycles. The summed E-state index contributed by atoms with van der Waals surface area (Å²) in [6, 6.07) is 0.728. The molecule has 6 aliphatic rings. The van der Waals surface area contributed by atoms with Gasteiger partial charge in [-0.25, -0.2) is 0 Å². The van der Waals surface area contributed by atoms with E-state index in [4.69, 9.17) is 9.47 Å². The highest BCUT2D eigenvalue weighted by Gasteiger charge is 2.67. The average Bonchev–Trinajstić information content (AvgIpc) is 3.42. The monoisotopic (exact) mass is 582 g/mol. The van der Waals surface area contributed by atoms with Crippen molar-refractivity contribution in [2.45, 2.75) is 103 Å². The molecule has 0 aromatic rings. The molecule has 10 atom stereocenters. The van der Waals surface area contributed by atoms with Gasteiger partial charge in [-0.1, -0.05) is 13.8 Å². The van der Waals surface area contributed by atoms with E-state index in [1.54, 1.807) is 6.92 Å². The summed E-state index contributed by atoms with van der Waals surface area (Å²) in [7, 11) is 2.44. The van der Waals surface area contributed by atoms with E-state index in [0.717, 1.165) is 55.5 Å². The normalized spacial score (nSPS) is 49.3. The minimum Gasteiger partial charge on any atom is -1.00 e. The van der Waals surface area contributed by atoms with Crippen molar-refractivity contribution in [2.24, 2.45) is 34.5 Å². The third-order valence-electron chi connectivity index (χ3n) is 12.8. The van der Waals surface area contributed by atoms with Gasteiger partial charge in [-0.05, 0) is 67.6 Å². The number of nitrogens with zero attached hydrogens (tertiary/aromatic N) is 2. The molecule has 0 amide bonds. The number of aliphatic hydroxyl groups excluding tert-OH is 1. The maximum absolute atomic E-state index is 12.4. The van der Waals surface area contributed by atoms with Crippen molar-refractivity contribution in [3.63, 3.8) is 0 Å². The van der Waals surface area contributed by atoms with Crippen molar-refractivity contribution < 1.29 is 40.8 Å². The van der Waals surface area contributed by atoms with Crippen LogP contribution in [0, 0.1) is 34.5 Å². The molecule has 212 valence electrons. The number of carbonyl (C=O) groups is 1. The minimum absolute atomic E-state index is 0. The summed E-state index contributed by atoms with van der Waals surface area (Å²) < 4.78 is 13.0. The van der Waals surface area contributed by atoms with E-state index >= 15 is 0 Å². The lowest BCUT2D eigenvalue weighted by atomic mass is 9.44. The molecule has 6 fully saturated rings. The first-order valence-electron chi connectivity index (χ1n) is 15.2. The molecule has 0 aromatic carbocycles. The predicted molar refractivity (Wildman–Crippen MR) is 139 cm³/mol. The number of hydrogen-bond acceptors (Lipinski definition) is 5. The fourth-order valence-electron chi connectivity index (χ4n) is 10.9. The zero-order valence-electron chi connectivity index (χ0n) is 23.7. The molecule has 1 N–H and O–H groups in total. The number of carbonyl (C=O) groups excluding carboxylic acids is 1. The number of ether oxygens (including phenoxy) is 2. The van der Waals surface area contributed by atoms with Crippen molar-refractivity contribution in [1.82, 2.24) is 4.90 Å². The van der Waals surface area contributed by atoms with E-state index in [2.05, 4.69) is 25.8 Å². The van der Waals surface area contributed by atoms with Gasteiger partial charge in [-0.2, -0.15) is 0 Å². The van der Waals surface area contributed by atoms with Crippen LogP contribution >= 0.6 is 0 Å². The van der Waals surface area contributed by atoms with Crippen molar-refractivity contribution in [3.8, 4) is 0 Å². The second-order valence-electron chi connectivity index (χ2n) is 14.4. The molecule has 6 nitrogen and oxygen atoms in total. The van der Waals surface area contributed by atoms with Gasteiger partial charge in [0.05, 0.1) is 39.5 Å². The molecule has 37 heavy (non-hydrogen) atoms. The topological polar surface area (TPSA) is 59.0 Å². The van der Waals surface area contributed by atoms with Gasteiger partial charge in [0, 0.05) is 50.7 Å². The lowest BCUT2D eigenvalue weighted by molar-refractivity contribution is -0.924. The fraction of sp³-hybridized carbons (Fsp3) is 0.967. The van der Waals surface area contributed by atoms with Crippen molar-refractivity contribution >= 4 is 5.97 Å². The maximum Gasteiger partial charge on any atom is 0.303 e. The lowest BCUT2D eigenvalue weighted by Gasteiger charge is -2.62. The Labute approximate surface area is 235 Å². The van der Waals surface area contributed by atoms with Gasteiger partial charge in [0.15, 0.2) is 6.10 Å². The smallest absolute Gasteiger partial charge is 0.303 e. The van der Waals surface area contributed by atoms with Gasteiger partial charge in [0.1, 0.15) is 6.04 Å². The van der Waals surface area contributed by atoms with Gasteiger partial charge in [-0.15, -0.1) is 0 Å². The molecule has 0 radical (unpaired) electrons. The van der Waals surface area contributed by atoms with Crippen LogP contribution in [0.2, 0.25) is 0 Å². The number of likely N-dealkylation sites (N-methyl/N-ethyl adjacent to an activating group) is 1. The molecule has 4 saturated carbocycles. The van der Waals surface area contributed by atoms with Crippen LogP contribution in [0.15, 0.2) is 0 Å². The second-order valence-corrected chi connectivity index (χ2v) is 14.4. The number of morpholine rings is 1.